The minimum Gasteiger partial charge on any atom is -0.356 e. The Hall–Kier alpha value is -1.43. The van der Waals surface area contributed by atoms with Gasteiger partial charge in [-0.25, -0.2) is 0 Å². The average molecular weight is 237 g/mol. The van der Waals surface area contributed by atoms with Gasteiger partial charge in [-0.05, 0) is 25.8 Å². The van der Waals surface area contributed by atoms with Crippen LogP contribution in [0.3, 0.4) is 0 Å². The van der Waals surface area contributed by atoms with Crippen molar-refractivity contribution in [2.75, 3.05) is 19.6 Å². The summed E-state index contributed by atoms with van der Waals surface area (Å²) in [6.45, 7) is 3.35. The van der Waals surface area contributed by atoms with Crippen molar-refractivity contribution in [3.05, 3.63) is 12.4 Å². The molecule has 0 unspecified atom stereocenters. The van der Waals surface area contributed by atoms with Crippen LogP contribution in [0.1, 0.15) is 19.3 Å². The summed E-state index contributed by atoms with van der Waals surface area (Å²) >= 11 is 0. The first-order chi connectivity index (χ1) is 8.36. The summed E-state index contributed by atoms with van der Waals surface area (Å²) in [5.41, 5.74) is 0. The maximum atomic E-state index is 11.8. The van der Waals surface area contributed by atoms with E-state index in [4.69, 9.17) is 0 Å². The molecule has 6 heteroatoms. The molecule has 1 saturated heterocycles. The second-order valence-electron chi connectivity index (χ2n) is 4.35. The lowest BCUT2D eigenvalue weighted by molar-refractivity contribution is -0.125. The van der Waals surface area contributed by atoms with Crippen molar-refractivity contribution < 1.29 is 4.79 Å². The number of carbonyl (C=O) groups is 1. The summed E-state index contributed by atoms with van der Waals surface area (Å²) in [4.78, 5) is 11.8. The summed E-state index contributed by atoms with van der Waals surface area (Å²) in [6, 6.07) is 0. The molecule has 1 amide bonds. The van der Waals surface area contributed by atoms with E-state index >= 15 is 0 Å². The summed E-state index contributed by atoms with van der Waals surface area (Å²) in [5, 5.41) is 13.8. The van der Waals surface area contributed by atoms with Crippen LogP contribution < -0.4 is 10.6 Å². The lowest BCUT2D eigenvalue weighted by Gasteiger charge is -2.21. The first-order valence-corrected chi connectivity index (χ1v) is 6.19. The molecule has 2 heterocycles. The minimum absolute atomic E-state index is 0.148. The first kappa shape index (κ1) is 12.0. The molecule has 1 atom stereocenters. The quantitative estimate of drug-likeness (QED) is 0.695. The Morgan fingerprint density at radius 1 is 1.59 bits per heavy atom. The van der Waals surface area contributed by atoms with Gasteiger partial charge in [-0.3, -0.25) is 9.48 Å². The van der Waals surface area contributed by atoms with Crippen molar-refractivity contribution in [1.29, 1.82) is 0 Å². The number of hydrogen-bond acceptors (Lipinski definition) is 4. The Morgan fingerprint density at radius 2 is 2.53 bits per heavy atom. The Morgan fingerprint density at radius 3 is 3.24 bits per heavy atom. The van der Waals surface area contributed by atoms with Gasteiger partial charge in [0, 0.05) is 25.8 Å². The third-order valence-electron chi connectivity index (χ3n) is 3.00. The zero-order chi connectivity index (χ0) is 11.9. The minimum atomic E-state index is 0.148. The molecule has 1 aliphatic rings. The Balaban J connectivity index is 1.59. The summed E-state index contributed by atoms with van der Waals surface area (Å²) in [7, 11) is 0. The number of aromatic nitrogens is 3. The molecule has 94 valence electrons. The van der Waals surface area contributed by atoms with Gasteiger partial charge in [-0.1, -0.05) is 5.21 Å². The molecule has 2 rings (SSSR count). The standard InChI is InChI=1S/C11H19N5O/c17-11(10-3-1-4-12-9-10)13-5-2-7-16-8-6-14-15-16/h6,8,10,12H,1-5,7,9H2,(H,13,17)/t10-/m1/s1. The average Bonchev–Trinajstić information content (AvgIpc) is 2.88. The molecule has 0 spiro atoms. The van der Waals surface area contributed by atoms with Crippen LogP contribution in [0.15, 0.2) is 12.4 Å². The van der Waals surface area contributed by atoms with Crippen LogP contribution in [0.2, 0.25) is 0 Å². The normalized spacial score (nSPS) is 20.1. The van der Waals surface area contributed by atoms with Gasteiger partial charge in [0.15, 0.2) is 0 Å². The van der Waals surface area contributed by atoms with Gasteiger partial charge in [0.25, 0.3) is 0 Å². The maximum Gasteiger partial charge on any atom is 0.224 e. The molecule has 1 aromatic rings. The highest BCUT2D eigenvalue weighted by Crippen LogP contribution is 2.09. The number of carbonyl (C=O) groups excluding carboxylic acids is 1. The molecule has 1 aliphatic heterocycles. The van der Waals surface area contributed by atoms with Crippen LogP contribution in [0, 0.1) is 5.92 Å². The van der Waals surface area contributed by atoms with Crippen molar-refractivity contribution >= 4 is 5.91 Å². The fourth-order valence-corrected chi connectivity index (χ4v) is 2.02. The largest absolute Gasteiger partial charge is 0.356 e. The van der Waals surface area contributed by atoms with Gasteiger partial charge in [-0.2, -0.15) is 0 Å². The summed E-state index contributed by atoms with van der Waals surface area (Å²) in [6.07, 6.45) is 6.47. The maximum absolute atomic E-state index is 11.8. The van der Waals surface area contributed by atoms with Crippen LogP contribution >= 0.6 is 0 Å². The zero-order valence-electron chi connectivity index (χ0n) is 9.93. The molecule has 1 fully saturated rings. The van der Waals surface area contributed by atoms with Crippen molar-refractivity contribution in [1.82, 2.24) is 25.6 Å². The van der Waals surface area contributed by atoms with Crippen molar-refractivity contribution in [2.45, 2.75) is 25.8 Å². The van der Waals surface area contributed by atoms with E-state index in [0.717, 1.165) is 38.9 Å². The molecular weight excluding hydrogens is 218 g/mol. The Kier molecular flexibility index (Phi) is 4.49. The highest BCUT2D eigenvalue weighted by atomic mass is 16.1. The number of nitrogens with one attached hydrogen (secondary N) is 2. The van der Waals surface area contributed by atoms with Crippen molar-refractivity contribution in [3.8, 4) is 0 Å². The van der Waals surface area contributed by atoms with E-state index < -0.39 is 0 Å². The molecular formula is C11H19N5O. The van der Waals surface area contributed by atoms with Crippen LogP contribution in [0.4, 0.5) is 0 Å². The fraction of sp³-hybridized carbons (Fsp3) is 0.727. The highest BCUT2D eigenvalue weighted by molar-refractivity contribution is 5.78. The van der Waals surface area contributed by atoms with Gasteiger partial charge in [0.1, 0.15) is 0 Å². The number of nitrogens with zero attached hydrogens (tertiary/aromatic N) is 3. The number of amides is 1. The van der Waals surface area contributed by atoms with Gasteiger partial charge in [0.05, 0.1) is 12.1 Å². The molecule has 0 bridgehead atoms. The number of aryl methyl sites for hydroxylation is 1. The highest BCUT2D eigenvalue weighted by Gasteiger charge is 2.19. The van der Waals surface area contributed by atoms with Crippen LogP contribution in [-0.4, -0.2) is 40.5 Å². The van der Waals surface area contributed by atoms with Crippen LogP contribution in [-0.2, 0) is 11.3 Å². The van der Waals surface area contributed by atoms with E-state index in [1.165, 1.54) is 0 Å². The van der Waals surface area contributed by atoms with Gasteiger partial charge < -0.3 is 10.6 Å². The summed E-state index contributed by atoms with van der Waals surface area (Å²) < 4.78 is 1.77. The third-order valence-corrected chi connectivity index (χ3v) is 3.00. The zero-order valence-corrected chi connectivity index (χ0v) is 9.93. The van der Waals surface area contributed by atoms with Crippen molar-refractivity contribution in [3.63, 3.8) is 0 Å². The lowest BCUT2D eigenvalue weighted by atomic mass is 9.99. The number of hydrogen-bond donors (Lipinski definition) is 2. The molecule has 0 aliphatic carbocycles. The molecule has 0 radical (unpaired) electrons. The number of rotatable bonds is 5. The molecule has 2 N–H and O–H groups in total. The van der Waals surface area contributed by atoms with E-state index in [9.17, 15) is 4.79 Å². The van der Waals surface area contributed by atoms with Gasteiger partial charge in [-0.15, -0.1) is 5.10 Å². The van der Waals surface area contributed by atoms with E-state index in [2.05, 4.69) is 20.9 Å². The Bertz CT molecular complexity index is 332. The molecule has 1 aromatic heterocycles. The Labute approximate surface area is 101 Å². The van der Waals surface area contributed by atoms with Crippen LogP contribution in [0.25, 0.3) is 0 Å². The van der Waals surface area contributed by atoms with E-state index in [1.54, 1.807) is 10.9 Å². The third kappa shape index (κ3) is 3.81. The predicted molar refractivity (Wildman–Crippen MR) is 63.2 cm³/mol. The molecule has 17 heavy (non-hydrogen) atoms. The topological polar surface area (TPSA) is 71.8 Å². The van der Waals surface area contributed by atoms with Gasteiger partial charge >= 0.3 is 0 Å². The second-order valence-corrected chi connectivity index (χ2v) is 4.35. The lowest BCUT2D eigenvalue weighted by Crippen LogP contribution is -2.40. The molecule has 0 saturated carbocycles. The van der Waals surface area contributed by atoms with E-state index in [0.29, 0.717) is 6.54 Å². The van der Waals surface area contributed by atoms with Crippen LogP contribution in [0.5, 0.6) is 0 Å². The second kappa shape index (κ2) is 6.34. The van der Waals surface area contributed by atoms with Gasteiger partial charge in [0.2, 0.25) is 5.91 Å². The monoisotopic (exact) mass is 237 g/mol. The first-order valence-electron chi connectivity index (χ1n) is 6.19. The van der Waals surface area contributed by atoms with E-state index in [-0.39, 0.29) is 11.8 Å². The fourth-order valence-electron chi connectivity index (χ4n) is 2.02. The summed E-state index contributed by atoms with van der Waals surface area (Å²) in [5.74, 6) is 0.325. The smallest absolute Gasteiger partial charge is 0.224 e. The number of piperidine rings is 1. The SMILES string of the molecule is O=C(NCCCn1ccnn1)[C@@H]1CCCNC1. The van der Waals surface area contributed by atoms with Crippen molar-refractivity contribution in [2.24, 2.45) is 5.92 Å². The molecule has 6 nitrogen and oxygen atoms in total. The molecule has 0 aromatic carbocycles. The predicted octanol–water partition coefficient (Wildman–Crippen LogP) is -0.216. The van der Waals surface area contributed by atoms with E-state index in [1.807, 2.05) is 6.20 Å².